The number of ether oxygens (including phenoxy) is 2. The van der Waals surface area contributed by atoms with E-state index in [4.69, 9.17) is 13.9 Å². The molecule has 3 aliphatic carbocycles. The maximum absolute atomic E-state index is 13.8. The number of benzene rings is 1. The molecule has 3 heterocycles. The summed E-state index contributed by atoms with van der Waals surface area (Å²) in [5.74, 6) is 1.97. The number of furan rings is 1. The van der Waals surface area contributed by atoms with Crippen molar-refractivity contribution in [3.05, 3.63) is 47.4 Å². The molecule has 1 saturated heterocycles. The molecule has 0 radical (unpaired) electrons. The highest BCUT2D eigenvalue weighted by atomic mass is 16.5. The molecule has 1 N–H and O–H groups in total. The standard InChI is InChI=1S/C33H40N2O6/c1-19(2)16-35(29(38)9-6-22-10-13-39-18-22)25-8-7-24-26-14-23-28(40-20(3)36)15-27(37)31-30(23)33(24,32(25)41-31)11-12-34(26)17-21-4-5-21/h6,9-10,13,15,18-19,21,24-26,32,37H,4-5,7-8,11-12,14,16-17H2,1-3H3/b9-6+/t24-,25+,26+,32-,33-/m0/s1. The number of carbonyl (C=O) groups excluding carboxylic acids is 2. The van der Waals surface area contributed by atoms with Crippen molar-refractivity contribution < 1.29 is 28.6 Å². The highest BCUT2D eigenvalue weighted by Gasteiger charge is 2.67. The Morgan fingerprint density at radius 3 is 2.80 bits per heavy atom. The minimum absolute atomic E-state index is 0.0155. The number of rotatable bonds is 8. The maximum Gasteiger partial charge on any atom is 0.308 e. The van der Waals surface area contributed by atoms with Gasteiger partial charge < -0.3 is 23.9 Å². The number of phenols is 1. The van der Waals surface area contributed by atoms with Crippen molar-refractivity contribution in [2.24, 2.45) is 17.8 Å². The predicted octanol–water partition coefficient (Wildman–Crippen LogP) is 4.93. The third-order valence-corrected chi connectivity index (χ3v) is 10.1. The smallest absolute Gasteiger partial charge is 0.308 e. The van der Waals surface area contributed by atoms with E-state index in [0.717, 1.165) is 61.4 Å². The van der Waals surface area contributed by atoms with Crippen molar-refractivity contribution in [3.63, 3.8) is 0 Å². The Balaban J connectivity index is 1.31. The molecule has 5 aliphatic rings. The molecule has 1 amide bonds. The van der Waals surface area contributed by atoms with Gasteiger partial charge in [-0.05, 0) is 75.0 Å². The van der Waals surface area contributed by atoms with Crippen LogP contribution >= 0.6 is 0 Å². The molecular weight excluding hydrogens is 520 g/mol. The van der Waals surface area contributed by atoms with Gasteiger partial charge in [-0.3, -0.25) is 14.5 Å². The van der Waals surface area contributed by atoms with Crippen LogP contribution in [0.4, 0.5) is 0 Å². The van der Waals surface area contributed by atoms with E-state index < -0.39 is 5.97 Å². The highest BCUT2D eigenvalue weighted by molar-refractivity contribution is 5.92. The average Bonchev–Trinajstić information content (AvgIpc) is 3.45. The summed E-state index contributed by atoms with van der Waals surface area (Å²) in [5, 5.41) is 11.2. The van der Waals surface area contributed by atoms with Crippen molar-refractivity contribution in [1.29, 1.82) is 0 Å². The first-order valence-electron chi connectivity index (χ1n) is 15.3. The first kappa shape index (κ1) is 26.6. The Hall–Kier alpha value is -3.26. The maximum atomic E-state index is 13.8. The Kier molecular flexibility index (Phi) is 6.45. The monoisotopic (exact) mass is 560 g/mol. The van der Waals surface area contributed by atoms with Crippen LogP contribution in [0.1, 0.15) is 69.6 Å². The molecule has 3 fully saturated rings. The van der Waals surface area contributed by atoms with Crippen molar-refractivity contribution >= 4 is 18.0 Å². The highest BCUT2D eigenvalue weighted by Crippen LogP contribution is 2.66. The van der Waals surface area contributed by atoms with Gasteiger partial charge >= 0.3 is 5.97 Å². The van der Waals surface area contributed by atoms with Gasteiger partial charge in [0.15, 0.2) is 11.5 Å². The van der Waals surface area contributed by atoms with Gasteiger partial charge in [-0.1, -0.05) is 13.8 Å². The Labute approximate surface area is 241 Å². The number of nitrogens with zero attached hydrogens (tertiary/aromatic N) is 2. The molecule has 2 aliphatic heterocycles. The zero-order valence-corrected chi connectivity index (χ0v) is 24.2. The van der Waals surface area contributed by atoms with Gasteiger partial charge in [0.05, 0.1) is 18.6 Å². The number of carbonyl (C=O) groups is 2. The molecule has 5 atom stereocenters. The lowest BCUT2D eigenvalue weighted by molar-refractivity contribution is -0.139. The van der Waals surface area contributed by atoms with Crippen molar-refractivity contribution in [2.75, 3.05) is 19.6 Å². The van der Waals surface area contributed by atoms with Gasteiger partial charge in [0.25, 0.3) is 0 Å². The van der Waals surface area contributed by atoms with E-state index in [9.17, 15) is 14.7 Å². The molecule has 8 heteroatoms. The van der Waals surface area contributed by atoms with E-state index in [1.165, 1.54) is 19.8 Å². The number of piperidine rings is 1. The SMILES string of the molecule is CC(=O)Oc1cc(O)c2c3c1C[C@@H]1[C@@H]4CC[C@@H](N(CC(C)C)C(=O)/C=C/c5ccoc5)[C@H](O2)[C@]34CCN1CC1CC1. The zero-order valence-electron chi connectivity index (χ0n) is 24.2. The van der Waals surface area contributed by atoms with E-state index in [2.05, 4.69) is 18.7 Å². The Bertz CT molecular complexity index is 1380. The second kappa shape index (κ2) is 9.93. The number of hydrogen-bond acceptors (Lipinski definition) is 7. The van der Waals surface area contributed by atoms with Crippen molar-refractivity contribution in [3.8, 4) is 17.2 Å². The van der Waals surface area contributed by atoms with Gasteiger partial charge in [-0.25, -0.2) is 0 Å². The van der Waals surface area contributed by atoms with E-state index in [1.54, 1.807) is 30.7 Å². The summed E-state index contributed by atoms with van der Waals surface area (Å²) in [6.45, 7) is 8.38. The molecule has 7 rings (SSSR count). The first-order valence-corrected chi connectivity index (χ1v) is 15.3. The van der Waals surface area contributed by atoms with Crippen LogP contribution in [0.25, 0.3) is 6.08 Å². The van der Waals surface area contributed by atoms with Gasteiger partial charge in [0.2, 0.25) is 5.91 Å². The molecule has 1 aromatic carbocycles. The van der Waals surface area contributed by atoms with Gasteiger partial charge in [-0.2, -0.15) is 0 Å². The topological polar surface area (TPSA) is 92.5 Å². The number of likely N-dealkylation sites (tertiary alicyclic amines) is 1. The lowest BCUT2D eigenvalue weighted by Crippen LogP contribution is -2.69. The van der Waals surface area contributed by atoms with Crippen LogP contribution in [-0.2, 0) is 21.4 Å². The van der Waals surface area contributed by atoms with Crippen LogP contribution in [0.15, 0.2) is 35.2 Å². The Morgan fingerprint density at radius 2 is 2.10 bits per heavy atom. The lowest BCUT2D eigenvalue weighted by Gasteiger charge is -2.60. The van der Waals surface area contributed by atoms with E-state index in [0.29, 0.717) is 30.0 Å². The number of amides is 1. The number of esters is 1. The van der Waals surface area contributed by atoms with Gasteiger partial charge in [0.1, 0.15) is 11.9 Å². The summed E-state index contributed by atoms with van der Waals surface area (Å²) in [5.41, 5.74) is 2.54. The van der Waals surface area contributed by atoms with E-state index in [1.807, 2.05) is 11.0 Å². The van der Waals surface area contributed by atoms with Crippen LogP contribution < -0.4 is 9.47 Å². The lowest BCUT2D eigenvalue weighted by atomic mass is 9.50. The summed E-state index contributed by atoms with van der Waals surface area (Å²) in [4.78, 5) is 30.6. The summed E-state index contributed by atoms with van der Waals surface area (Å²) < 4.78 is 17.7. The average molecular weight is 561 g/mol. The van der Waals surface area contributed by atoms with Crippen LogP contribution in [0.2, 0.25) is 0 Å². The quantitative estimate of drug-likeness (QED) is 0.278. The Morgan fingerprint density at radius 1 is 1.27 bits per heavy atom. The summed E-state index contributed by atoms with van der Waals surface area (Å²) in [7, 11) is 0. The largest absolute Gasteiger partial charge is 0.504 e. The number of phenolic OH excluding ortho intramolecular Hbond substituents is 1. The molecule has 2 saturated carbocycles. The zero-order chi connectivity index (χ0) is 28.5. The van der Waals surface area contributed by atoms with Crippen LogP contribution in [0.5, 0.6) is 17.2 Å². The van der Waals surface area contributed by atoms with Crippen LogP contribution in [0.3, 0.4) is 0 Å². The molecule has 8 nitrogen and oxygen atoms in total. The molecule has 0 unspecified atom stereocenters. The van der Waals surface area contributed by atoms with Crippen LogP contribution in [0, 0.1) is 17.8 Å². The summed E-state index contributed by atoms with van der Waals surface area (Å²) in [6.07, 6.45) is 12.5. The van der Waals surface area contributed by atoms with Crippen molar-refractivity contribution in [2.45, 2.75) is 82.9 Å². The third-order valence-electron chi connectivity index (χ3n) is 10.1. The summed E-state index contributed by atoms with van der Waals surface area (Å²) in [6, 6.07) is 3.58. The fourth-order valence-corrected chi connectivity index (χ4v) is 8.49. The normalized spacial score (nSPS) is 29.9. The van der Waals surface area contributed by atoms with E-state index in [-0.39, 0.29) is 35.1 Å². The van der Waals surface area contributed by atoms with Gasteiger partial charge in [0, 0.05) is 60.3 Å². The number of aromatic hydroxyl groups is 1. The minimum atomic E-state index is -0.393. The fourth-order valence-electron chi connectivity index (χ4n) is 8.49. The van der Waals surface area contributed by atoms with Gasteiger partial charge in [-0.15, -0.1) is 0 Å². The molecule has 1 spiro atoms. The fraction of sp³-hybridized carbons (Fsp3) is 0.576. The first-order chi connectivity index (χ1) is 19.8. The number of hydrogen-bond donors (Lipinski definition) is 1. The molecule has 2 aromatic rings. The van der Waals surface area contributed by atoms with Crippen LogP contribution in [-0.4, -0.2) is 64.6 Å². The molecule has 41 heavy (non-hydrogen) atoms. The molecule has 218 valence electrons. The minimum Gasteiger partial charge on any atom is -0.504 e. The van der Waals surface area contributed by atoms with Crippen molar-refractivity contribution in [1.82, 2.24) is 9.80 Å². The van der Waals surface area contributed by atoms with E-state index >= 15 is 0 Å². The molecule has 2 bridgehead atoms. The second-order valence-corrected chi connectivity index (χ2v) is 13.2. The molecule has 1 aromatic heterocycles. The molecular formula is C33H40N2O6. The summed E-state index contributed by atoms with van der Waals surface area (Å²) >= 11 is 0. The predicted molar refractivity (Wildman–Crippen MR) is 153 cm³/mol. The second-order valence-electron chi connectivity index (χ2n) is 13.2. The third kappa shape index (κ3) is 4.37.